The highest BCUT2D eigenvalue weighted by Crippen LogP contribution is 2.29. The van der Waals surface area contributed by atoms with Gasteiger partial charge in [0, 0.05) is 23.9 Å². The number of non-ortho nitro benzene ring substituents is 1. The SMILES string of the molecule is COc1cccc(C=Nc2cc([N+](=O)[O-])ccc2C)c1O. The number of benzene rings is 2. The number of phenols is 1. The zero-order valence-electron chi connectivity index (χ0n) is 11.6. The number of aliphatic imine (C=N–C) groups is 1. The van der Waals surface area contributed by atoms with Gasteiger partial charge in [-0.1, -0.05) is 12.1 Å². The molecule has 2 aromatic carbocycles. The molecule has 0 heterocycles. The summed E-state index contributed by atoms with van der Waals surface area (Å²) in [7, 11) is 1.46. The molecule has 0 aliphatic carbocycles. The van der Waals surface area contributed by atoms with Crippen LogP contribution in [0.5, 0.6) is 11.5 Å². The highest BCUT2D eigenvalue weighted by Gasteiger charge is 2.08. The zero-order valence-corrected chi connectivity index (χ0v) is 11.6. The van der Waals surface area contributed by atoms with Gasteiger partial charge in [0.25, 0.3) is 5.69 Å². The van der Waals surface area contributed by atoms with Gasteiger partial charge in [0.2, 0.25) is 0 Å². The fraction of sp³-hybridized carbons (Fsp3) is 0.133. The first-order chi connectivity index (χ1) is 10.0. The Hall–Kier alpha value is -2.89. The van der Waals surface area contributed by atoms with Crippen LogP contribution >= 0.6 is 0 Å². The molecule has 108 valence electrons. The third-order valence-electron chi connectivity index (χ3n) is 3.00. The molecule has 0 radical (unpaired) electrons. The van der Waals surface area contributed by atoms with Crippen molar-refractivity contribution in [3.63, 3.8) is 0 Å². The second-order valence-corrected chi connectivity index (χ2v) is 4.38. The summed E-state index contributed by atoms with van der Waals surface area (Å²) in [6.45, 7) is 1.81. The molecule has 21 heavy (non-hydrogen) atoms. The molecule has 0 aliphatic heterocycles. The van der Waals surface area contributed by atoms with Gasteiger partial charge in [-0.3, -0.25) is 15.1 Å². The maximum Gasteiger partial charge on any atom is 0.271 e. The molecule has 0 spiro atoms. The van der Waals surface area contributed by atoms with E-state index < -0.39 is 4.92 Å². The third-order valence-corrected chi connectivity index (χ3v) is 3.00. The predicted molar refractivity (Wildman–Crippen MR) is 79.7 cm³/mol. The van der Waals surface area contributed by atoms with Gasteiger partial charge in [-0.25, -0.2) is 0 Å². The Morgan fingerprint density at radius 2 is 2.10 bits per heavy atom. The Labute approximate surface area is 121 Å². The van der Waals surface area contributed by atoms with Crippen LogP contribution in [-0.2, 0) is 0 Å². The van der Waals surface area contributed by atoms with E-state index in [0.717, 1.165) is 5.56 Å². The molecule has 0 fully saturated rings. The van der Waals surface area contributed by atoms with Gasteiger partial charge in [-0.05, 0) is 24.6 Å². The smallest absolute Gasteiger partial charge is 0.271 e. The van der Waals surface area contributed by atoms with Gasteiger partial charge in [0.1, 0.15) is 0 Å². The third kappa shape index (κ3) is 3.17. The van der Waals surface area contributed by atoms with Crippen molar-refractivity contribution in [1.29, 1.82) is 0 Å². The summed E-state index contributed by atoms with van der Waals surface area (Å²) in [6, 6.07) is 9.48. The minimum Gasteiger partial charge on any atom is -0.504 e. The second-order valence-electron chi connectivity index (χ2n) is 4.38. The van der Waals surface area contributed by atoms with Crippen LogP contribution in [0.2, 0.25) is 0 Å². The molecule has 0 atom stereocenters. The van der Waals surface area contributed by atoms with Crippen LogP contribution in [0.3, 0.4) is 0 Å². The summed E-state index contributed by atoms with van der Waals surface area (Å²) in [4.78, 5) is 14.5. The number of methoxy groups -OCH3 is 1. The van der Waals surface area contributed by atoms with E-state index >= 15 is 0 Å². The molecule has 2 rings (SSSR count). The van der Waals surface area contributed by atoms with Crippen molar-refractivity contribution in [1.82, 2.24) is 0 Å². The highest BCUT2D eigenvalue weighted by atomic mass is 16.6. The van der Waals surface area contributed by atoms with Gasteiger partial charge in [-0.2, -0.15) is 0 Å². The van der Waals surface area contributed by atoms with Crippen LogP contribution in [0.4, 0.5) is 11.4 Å². The average Bonchev–Trinajstić information content (AvgIpc) is 2.47. The summed E-state index contributed by atoms with van der Waals surface area (Å²) in [5.74, 6) is 0.321. The Morgan fingerprint density at radius 1 is 1.33 bits per heavy atom. The van der Waals surface area contributed by atoms with E-state index in [1.165, 1.54) is 25.5 Å². The number of aryl methyl sites for hydroxylation is 1. The molecule has 0 saturated heterocycles. The molecule has 6 heteroatoms. The van der Waals surface area contributed by atoms with Crippen molar-refractivity contribution in [2.24, 2.45) is 4.99 Å². The molecule has 0 aliphatic rings. The van der Waals surface area contributed by atoms with Gasteiger partial charge < -0.3 is 9.84 Å². The number of phenolic OH excluding ortho intramolecular Hbond substituents is 1. The lowest BCUT2D eigenvalue weighted by Crippen LogP contribution is -1.89. The summed E-state index contributed by atoms with van der Waals surface area (Å²) in [6.07, 6.45) is 1.45. The second kappa shape index (κ2) is 6.04. The Balaban J connectivity index is 2.38. The molecular formula is C15H14N2O4. The van der Waals surface area contributed by atoms with Crippen molar-refractivity contribution in [3.05, 3.63) is 57.6 Å². The van der Waals surface area contributed by atoms with Crippen molar-refractivity contribution >= 4 is 17.6 Å². The van der Waals surface area contributed by atoms with E-state index in [2.05, 4.69) is 4.99 Å². The van der Waals surface area contributed by atoms with Gasteiger partial charge in [0.15, 0.2) is 11.5 Å². The molecule has 0 unspecified atom stereocenters. The monoisotopic (exact) mass is 286 g/mol. The van der Waals surface area contributed by atoms with Crippen LogP contribution in [0.25, 0.3) is 0 Å². The fourth-order valence-electron chi connectivity index (χ4n) is 1.80. The average molecular weight is 286 g/mol. The predicted octanol–water partition coefficient (Wildman–Crippen LogP) is 3.37. The zero-order chi connectivity index (χ0) is 15.4. The Morgan fingerprint density at radius 3 is 2.76 bits per heavy atom. The molecule has 0 amide bonds. The quantitative estimate of drug-likeness (QED) is 0.530. The van der Waals surface area contributed by atoms with Crippen molar-refractivity contribution < 1.29 is 14.8 Å². The molecule has 0 aromatic heterocycles. The van der Waals surface area contributed by atoms with E-state index in [4.69, 9.17) is 4.74 Å². The van der Waals surface area contributed by atoms with Crippen LogP contribution in [0.15, 0.2) is 41.4 Å². The van der Waals surface area contributed by atoms with E-state index in [1.54, 1.807) is 24.3 Å². The first kappa shape index (κ1) is 14.5. The lowest BCUT2D eigenvalue weighted by molar-refractivity contribution is -0.384. The van der Waals surface area contributed by atoms with E-state index in [0.29, 0.717) is 17.0 Å². The number of rotatable bonds is 4. The molecular weight excluding hydrogens is 272 g/mol. The molecule has 0 bridgehead atoms. The van der Waals surface area contributed by atoms with Gasteiger partial charge >= 0.3 is 0 Å². The van der Waals surface area contributed by atoms with Crippen molar-refractivity contribution in [2.45, 2.75) is 6.92 Å². The number of hydrogen-bond acceptors (Lipinski definition) is 5. The lowest BCUT2D eigenvalue weighted by Gasteiger charge is -2.05. The maximum absolute atomic E-state index is 10.8. The summed E-state index contributed by atoms with van der Waals surface area (Å²) in [5.41, 5.74) is 1.73. The van der Waals surface area contributed by atoms with Crippen LogP contribution in [0, 0.1) is 17.0 Å². The summed E-state index contributed by atoms with van der Waals surface area (Å²) >= 11 is 0. The standard InChI is InChI=1S/C15H14N2O4/c1-10-6-7-12(17(19)20)8-13(10)16-9-11-4-3-5-14(21-2)15(11)18/h3-9,18H,1-2H3. The largest absolute Gasteiger partial charge is 0.504 e. The number of para-hydroxylation sites is 1. The number of hydrogen-bond donors (Lipinski definition) is 1. The number of aromatic hydroxyl groups is 1. The van der Waals surface area contributed by atoms with Crippen LogP contribution in [0.1, 0.15) is 11.1 Å². The maximum atomic E-state index is 10.8. The fourth-order valence-corrected chi connectivity index (χ4v) is 1.80. The van der Waals surface area contributed by atoms with Crippen LogP contribution in [-0.4, -0.2) is 23.4 Å². The number of nitro groups is 1. The van der Waals surface area contributed by atoms with E-state index in [1.807, 2.05) is 6.92 Å². The summed E-state index contributed by atoms with van der Waals surface area (Å²) < 4.78 is 5.01. The first-order valence-corrected chi connectivity index (χ1v) is 6.18. The first-order valence-electron chi connectivity index (χ1n) is 6.18. The minimum atomic E-state index is -0.471. The topological polar surface area (TPSA) is 85.0 Å². The number of ether oxygens (including phenoxy) is 1. The summed E-state index contributed by atoms with van der Waals surface area (Å²) in [5, 5.41) is 20.7. The molecule has 0 saturated carbocycles. The van der Waals surface area contributed by atoms with Crippen molar-refractivity contribution in [3.8, 4) is 11.5 Å². The number of nitro benzene ring substituents is 1. The van der Waals surface area contributed by atoms with Gasteiger partial charge in [-0.15, -0.1) is 0 Å². The Kier molecular flexibility index (Phi) is 4.18. The molecule has 2 aromatic rings. The molecule has 1 N–H and O–H groups in total. The van der Waals surface area contributed by atoms with E-state index in [-0.39, 0.29) is 11.4 Å². The lowest BCUT2D eigenvalue weighted by atomic mass is 10.1. The normalized spacial score (nSPS) is 10.8. The van der Waals surface area contributed by atoms with Crippen molar-refractivity contribution in [2.75, 3.05) is 7.11 Å². The Bertz CT molecular complexity index is 711. The highest BCUT2D eigenvalue weighted by molar-refractivity contribution is 5.87. The van der Waals surface area contributed by atoms with Gasteiger partial charge in [0.05, 0.1) is 17.7 Å². The molecule has 6 nitrogen and oxygen atoms in total. The van der Waals surface area contributed by atoms with Crippen LogP contribution < -0.4 is 4.74 Å². The minimum absolute atomic E-state index is 0.0215. The number of nitrogens with zero attached hydrogens (tertiary/aromatic N) is 2. The van der Waals surface area contributed by atoms with E-state index in [9.17, 15) is 15.2 Å².